The first kappa shape index (κ1) is 18.7. The molecule has 0 bridgehead atoms. The highest BCUT2D eigenvalue weighted by Gasteiger charge is 2.45. The van der Waals surface area contributed by atoms with Gasteiger partial charge in [-0.1, -0.05) is 5.16 Å². The number of benzene rings is 1. The van der Waals surface area contributed by atoms with Crippen molar-refractivity contribution >= 4 is 6.09 Å². The van der Waals surface area contributed by atoms with Gasteiger partial charge in [-0.15, -0.1) is 0 Å². The number of rotatable bonds is 2. The molecule has 2 aliphatic heterocycles. The van der Waals surface area contributed by atoms with Crippen LogP contribution in [0, 0.1) is 0 Å². The van der Waals surface area contributed by atoms with E-state index in [-0.39, 0.29) is 17.4 Å². The highest BCUT2D eigenvalue weighted by atomic mass is 19.4. The molecule has 10 heteroatoms. The molecule has 1 aromatic heterocycles. The summed E-state index contributed by atoms with van der Waals surface area (Å²) in [6.45, 7) is 1.25. The summed E-state index contributed by atoms with van der Waals surface area (Å²) in [5.74, 6) is 0.515. The Labute approximate surface area is 158 Å². The second kappa shape index (κ2) is 6.77. The van der Waals surface area contributed by atoms with E-state index in [0.717, 1.165) is 12.1 Å². The summed E-state index contributed by atoms with van der Waals surface area (Å²) < 4.78 is 49.2. The van der Waals surface area contributed by atoms with Crippen LogP contribution in [-0.2, 0) is 10.9 Å². The van der Waals surface area contributed by atoms with Crippen LogP contribution < -0.4 is 0 Å². The number of halogens is 3. The van der Waals surface area contributed by atoms with Gasteiger partial charge in [-0.3, -0.25) is 0 Å². The summed E-state index contributed by atoms with van der Waals surface area (Å²) in [6.07, 6.45) is -3.45. The average molecular weight is 397 g/mol. The maximum atomic E-state index is 12.7. The molecular weight excluding hydrogens is 379 g/mol. The molecule has 0 aliphatic carbocycles. The number of amides is 1. The van der Waals surface area contributed by atoms with Crippen molar-refractivity contribution in [3.8, 4) is 11.5 Å². The number of carboxylic acid groups (broad SMARTS) is 1. The lowest BCUT2D eigenvalue weighted by Crippen LogP contribution is -2.45. The molecule has 2 fully saturated rings. The number of ether oxygens (including phenoxy) is 1. The van der Waals surface area contributed by atoms with Crippen molar-refractivity contribution in [3.05, 3.63) is 35.7 Å². The molecule has 1 N–H and O–H groups in total. The summed E-state index contributed by atoms with van der Waals surface area (Å²) in [4.78, 5) is 16.8. The molecule has 28 heavy (non-hydrogen) atoms. The molecular formula is C18H18F3N3O4. The van der Waals surface area contributed by atoms with Gasteiger partial charge in [0.15, 0.2) is 5.82 Å². The zero-order chi connectivity index (χ0) is 19.9. The van der Waals surface area contributed by atoms with Crippen LogP contribution in [0.2, 0.25) is 0 Å². The van der Waals surface area contributed by atoms with Crippen LogP contribution >= 0.6 is 0 Å². The minimum Gasteiger partial charge on any atom is -0.465 e. The number of aromatic nitrogens is 2. The average Bonchev–Trinajstić information content (AvgIpc) is 3.29. The van der Waals surface area contributed by atoms with Gasteiger partial charge in [0.1, 0.15) is 0 Å². The quantitative estimate of drug-likeness (QED) is 0.830. The van der Waals surface area contributed by atoms with Crippen LogP contribution in [0.5, 0.6) is 0 Å². The molecule has 1 atom stereocenters. The Kier molecular flexibility index (Phi) is 4.53. The molecule has 0 radical (unpaired) electrons. The molecule has 2 saturated heterocycles. The Bertz CT molecular complexity index is 858. The van der Waals surface area contributed by atoms with E-state index in [9.17, 15) is 18.0 Å². The summed E-state index contributed by atoms with van der Waals surface area (Å²) >= 11 is 0. The molecule has 3 heterocycles. The zero-order valence-electron chi connectivity index (χ0n) is 14.8. The van der Waals surface area contributed by atoms with Crippen molar-refractivity contribution in [2.24, 2.45) is 0 Å². The molecule has 4 rings (SSSR count). The van der Waals surface area contributed by atoms with Gasteiger partial charge in [0.2, 0.25) is 0 Å². The van der Waals surface area contributed by atoms with E-state index in [0.29, 0.717) is 50.3 Å². The largest absolute Gasteiger partial charge is 0.465 e. The van der Waals surface area contributed by atoms with Crippen molar-refractivity contribution in [2.45, 2.75) is 37.0 Å². The highest BCUT2D eigenvalue weighted by molar-refractivity contribution is 5.65. The topological polar surface area (TPSA) is 88.7 Å². The van der Waals surface area contributed by atoms with Gasteiger partial charge in [-0.2, -0.15) is 18.2 Å². The maximum Gasteiger partial charge on any atom is 0.416 e. The van der Waals surface area contributed by atoms with Gasteiger partial charge >= 0.3 is 12.3 Å². The molecule has 1 spiro atoms. The van der Waals surface area contributed by atoms with E-state index in [1.54, 1.807) is 0 Å². The summed E-state index contributed by atoms with van der Waals surface area (Å²) in [6, 6.07) is 4.55. The third kappa shape index (κ3) is 3.56. The predicted octanol–water partition coefficient (Wildman–Crippen LogP) is 3.77. The fourth-order valence-corrected chi connectivity index (χ4v) is 3.78. The molecule has 2 aliphatic rings. The number of hydrogen-bond acceptors (Lipinski definition) is 5. The lowest BCUT2D eigenvalue weighted by atomic mass is 9.85. The van der Waals surface area contributed by atoms with E-state index in [4.69, 9.17) is 14.4 Å². The predicted molar refractivity (Wildman–Crippen MR) is 89.6 cm³/mol. The van der Waals surface area contributed by atoms with Crippen LogP contribution in [0.3, 0.4) is 0 Å². The third-order valence-electron chi connectivity index (χ3n) is 5.42. The molecule has 2 aromatic rings. The van der Waals surface area contributed by atoms with Crippen molar-refractivity contribution in [1.29, 1.82) is 0 Å². The van der Waals surface area contributed by atoms with Gasteiger partial charge in [-0.05, 0) is 43.5 Å². The molecule has 0 saturated carbocycles. The fraction of sp³-hybridized carbons (Fsp3) is 0.500. The van der Waals surface area contributed by atoms with Crippen molar-refractivity contribution in [3.63, 3.8) is 0 Å². The molecule has 1 aromatic carbocycles. The summed E-state index contributed by atoms with van der Waals surface area (Å²) in [5.41, 5.74) is -0.712. The van der Waals surface area contributed by atoms with Crippen LogP contribution in [0.25, 0.3) is 11.5 Å². The van der Waals surface area contributed by atoms with Crippen LogP contribution in [0.4, 0.5) is 18.0 Å². The Hall–Kier alpha value is -2.62. The number of piperidine rings is 1. The summed E-state index contributed by atoms with van der Waals surface area (Å²) in [5, 5.41) is 13.0. The summed E-state index contributed by atoms with van der Waals surface area (Å²) in [7, 11) is 0. The van der Waals surface area contributed by atoms with E-state index in [1.807, 2.05) is 0 Å². The third-order valence-corrected chi connectivity index (χ3v) is 5.42. The first-order chi connectivity index (χ1) is 13.3. The van der Waals surface area contributed by atoms with E-state index in [2.05, 4.69) is 10.1 Å². The lowest BCUT2D eigenvalue weighted by Gasteiger charge is -2.37. The standard InChI is InChI=1S/C18H18F3N3O4/c19-18(20,21)13-3-1-11(2-4-13)15-22-14(23-28-15)12-9-17(27-10-12)5-7-24(8-6-17)16(25)26/h1-4,12H,5-10H2,(H,25,26)/t12-/m1/s1. The van der Waals surface area contributed by atoms with E-state index < -0.39 is 17.8 Å². The van der Waals surface area contributed by atoms with Gasteiger partial charge in [0, 0.05) is 24.6 Å². The van der Waals surface area contributed by atoms with Crippen LogP contribution in [0.15, 0.2) is 28.8 Å². The smallest absolute Gasteiger partial charge is 0.416 e. The Morgan fingerprint density at radius 1 is 1.21 bits per heavy atom. The number of hydrogen-bond donors (Lipinski definition) is 1. The highest BCUT2D eigenvalue weighted by Crippen LogP contribution is 2.42. The Morgan fingerprint density at radius 2 is 1.89 bits per heavy atom. The van der Waals surface area contributed by atoms with Crippen LogP contribution in [0.1, 0.15) is 36.6 Å². The van der Waals surface area contributed by atoms with E-state index in [1.165, 1.54) is 17.0 Å². The van der Waals surface area contributed by atoms with Gasteiger partial charge < -0.3 is 19.3 Å². The normalized spacial score (nSPS) is 22.0. The zero-order valence-corrected chi connectivity index (χ0v) is 14.8. The monoisotopic (exact) mass is 397 g/mol. The van der Waals surface area contributed by atoms with Crippen molar-refractivity contribution in [2.75, 3.05) is 19.7 Å². The SMILES string of the molecule is O=C(O)N1CCC2(CC1)C[C@@H](c1noc(-c3ccc(C(F)(F)F)cc3)n1)CO2. The van der Waals surface area contributed by atoms with E-state index >= 15 is 0 Å². The minimum atomic E-state index is -4.40. The number of alkyl halides is 3. The van der Waals surface area contributed by atoms with Gasteiger partial charge in [0.25, 0.3) is 5.89 Å². The Morgan fingerprint density at radius 3 is 2.50 bits per heavy atom. The number of carbonyl (C=O) groups is 1. The Balaban J connectivity index is 1.43. The number of likely N-dealkylation sites (tertiary alicyclic amines) is 1. The minimum absolute atomic E-state index is 0.0941. The molecule has 0 unspecified atom stereocenters. The second-order valence-corrected chi connectivity index (χ2v) is 7.20. The van der Waals surface area contributed by atoms with Crippen molar-refractivity contribution < 1.29 is 32.3 Å². The lowest BCUT2D eigenvalue weighted by molar-refractivity contribution is -0.137. The second-order valence-electron chi connectivity index (χ2n) is 7.20. The molecule has 7 nitrogen and oxygen atoms in total. The van der Waals surface area contributed by atoms with Crippen LogP contribution in [-0.4, -0.2) is 51.5 Å². The molecule has 150 valence electrons. The maximum absolute atomic E-state index is 12.7. The van der Waals surface area contributed by atoms with Crippen molar-refractivity contribution in [1.82, 2.24) is 15.0 Å². The first-order valence-electron chi connectivity index (χ1n) is 8.89. The van der Waals surface area contributed by atoms with Gasteiger partial charge in [-0.25, -0.2) is 4.79 Å². The fourth-order valence-electron chi connectivity index (χ4n) is 3.78. The number of nitrogens with zero attached hydrogens (tertiary/aromatic N) is 3. The molecule has 1 amide bonds. The van der Waals surface area contributed by atoms with Gasteiger partial charge in [0.05, 0.1) is 17.8 Å². The first-order valence-corrected chi connectivity index (χ1v) is 8.89.